The van der Waals surface area contributed by atoms with Crippen molar-refractivity contribution in [2.45, 2.75) is 13.3 Å². The Labute approximate surface area is 87.8 Å². The van der Waals surface area contributed by atoms with Crippen molar-refractivity contribution >= 4 is 23.7 Å². The van der Waals surface area contributed by atoms with Crippen molar-refractivity contribution in [1.29, 1.82) is 0 Å². The largest absolute Gasteiger partial charge is 0.271 e. The van der Waals surface area contributed by atoms with E-state index in [4.69, 9.17) is 11.6 Å². The monoisotopic (exact) mass is 210 g/mol. The van der Waals surface area contributed by atoms with Gasteiger partial charge in [-0.25, -0.2) is 5.43 Å². The third kappa shape index (κ3) is 3.18. The number of hydrogen-bond donors (Lipinski definition) is 1. The van der Waals surface area contributed by atoms with Crippen LogP contribution in [0.1, 0.15) is 23.7 Å². The number of carbonyl (C=O) groups excluding carboxylic acids is 1. The highest BCUT2D eigenvalue weighted by Crippen LogP contribution is 2.10. The third-order valence-electron chi connectivity index (χ3n) is 1.53. The van der Waals surface area contributed by atoms with Gasteiger partial charge in [0.15, 0.2) is 0 Å². The molecule has 0 aliphatic carbocycles. The normalized spacial score (nSPS) is 10.4. The van der Waals surface area contributed by atoms with Crippen LogP contribution in [0, 0.1) is 0 Å². The Balaban J connectivity index is 2.65. The molecule has 1 aromatic carbocycles. The molecule has 1 aromatic rings. The molecule has 0 saturated heterocycles. The van der Waals surface area contributed by atoms with Gasteiger partial charge in [-0.3, -0.25) is 4.79 Å². The highest BCUT2D eigenvalue weighted by molar-refractivity contribution is 6.30. The number of nitrogens with one attached hydrogen (secondary N) is 1. The zero-order valence-electron chi connectivity index (χ0n) is 7.83. The maximum Gasteiger partial charge on any atom is 0.271 e. The minimum Gasteiger partial charge on any atom is -0.267 e. The number of nitrogens with zero attached hydrogens (tertiary/aromatic N) is 1. The van der Waals surface area contributed by atoms with E-state index >= 15 is 0 Å². The van der Waals surface area contributed by atoms with Crippen LogP contribution in [-0.4, -0.2) is 12.1 Å². The Hall–Kier alpha value is -1.35. The molecule has 0 spiro atoms. The Morgan fingerprint density at radius 1 is 1.64 bits per heavy atom. The average molecular weight is 211 g/mol. The number of hydrogen-bond acceptors (Lipinski definition) is 2. The van der Waals surface area contributed by atoms with Gasteiger partial charge in [-0.1, -0.05) is 24.6 Å². The van der Waals surface area contributed by atoms with Gasteiger partial charge in [-0.05, 0) is 24.6 Å². The molecule has 0 fully saturated rings. The summed E-state index contributed by atoms with van der Waals surface area (Å²) in [5.74, 6) is -0.253. The van der Waals surface area contributed by atoms with Crippen LogP contribution < -0.4 is 5.43 Å². The van der Waals surface area contributed by atoms with E-state index in [2.05, 4.69) is 10.5 Å². The van der Waals surface area contributed by atoms with E-state index in [1.165, 1.54) is 0 Å². The van der Waals surface area contributed by atoms with Gasteiger partial charge in [0.25, 0.3) is 5.91 Å². The van der Waals surface area contributed by atoms with Crippen molar-refractivity contribution in [1.82, 2.24) is 5.43 Å². The number of amides is 1. The van der Waals surface area contributed by atoms with Crippen LogP contribution in [0.3, 0.4) is 0 Å². The summed E-state index contributed by atoms with van der Waals surface area (Å²) in [7, 11) is 0. The van der Waals surface area contributed by atoms with Gasteiger partial charge in [0.2, 0.25) is 0 Å². The first-order valence-electron chi connectivity index (χ1n) is 4.31. The predicted octanol–water partition coefficient (Wildman–Crippen LogP) is 2.47. The first kappa shape index (κ1) is 10.7. The molecule has 3 nitrogen and oxygen atoms in total. The quantitative estimate of drug-likeness (QED) is 0.604. The molecule has 74 valence electrons. The minimum absolute atomic E-state index is 0.253. The Bertz CT molecular complexity index is 350. The van der Waals surface area contributed by atoms with E-state index < -0.39 is 0 Å². The molecule has 1 N–H and O–H groups in total. The van der Waals surface area contributed by atoms with Crippen molar-refractivity contribution in [3.8, 4) is 0 Å². The van der Waals surface area contributed by atoms with Crippen LogP contribution in [0.4, 0.5) is 0 Å². The Morgan fingerprint density at radius 3 is 3.07 bits per heavy atom. The topological polar surface area (TPSA) is 41.5 Å². The van der Waals surface area contributed by atoms with E-state index in [0.717, 1.165) is 6.42 Å². The molecule has 0 unspecified atom stereocenters. The molecule has 0 atom stereocenters. The van der Waals surface area contributed by atoms with Gasteiger partial charge in [0.05, 0.1) is 0 Å². The fraction of sp³-hybridized carbons (Fsp3) is 0.200. The first-order chi connectivity index (χ1) is 6.74. The smallest absolute Gasteiger partial charge is 0.267 e. The summed E-state index contributed by atoms with van der Waals surface area (Å²) < 4.78 is 0. The second-order valence-electron chi connectivity index (χ2n) is 2.67. The molecule has 0 radical (unpaired) electrons. The second kappa shape index (κ2) is 5.40. The molecule has 0 aliphatic heterocycles. The summed E-state index contributed by atoms with van der Waals surface area (Å²) in [6, 6.07) is 6.72. The van der Waals surface area contributed by atoms with Gasteiger partial charge >= 0.3 is 0 Å². The number of halogens is 1. The number of benzene rings is 1. The fourth-order valence-electron chi connectivity index (χ4n) is 0.890. The highest BCUT2D eigenvalue weighted by atomic mass is 35.5. The summed E-state index contributed by atoms with van der Waals surface area (Å²) in [6.07, 6.45) is 2.41. The zero-order chi connectivity index (χ0) is 10.4. The molecule has 0 aromatic heterocycles. The zero-order valence-corrected chi connectivity index (χ0v) is 8.58. The maximum absolute atomic E-state index is 11.4. The molecule has 0 bridgehead atoms. The van der Waals surface area contributed by atoms with Crippen LogP contribution in [-0.2, 0) is 0 Å². The Morgan fingerprint density at radius 2 is 2.43 bits per heavy atom. The summed E-state index contributed by atoms with van der Waals surface area (Å²) in [5, 5.41) is 4.27. The molecule has 0 saturated carbocycles. The molecule has 4 heteroatoms. The van der Waals surface area contributed by atoms with Gasteiger partial charge in [-0.15, -0.1) is 0 Å². The molecule has 1 amide bonds. The lowest BCUT2D eigenvalue weighted by molar-refractivity contribution is 0.0955. The Kier molecular flexibility index (Phi) is 4.13. The van der Waals surface area contributed by atoms with Gasteiger partial charge in [0.1, 0.15) is 0 Å². The summed E-state index contributed by atoms with van der Waals surface area (Å²) >= 11 is 5.73. The van der Waals surface area contributed by atoms with Crippen LogP contribution in [0.2, 0.25) is 5.02 Å². The lowest BCUT2D eigenvalue weighted by Crippen LogP contribution is -2.17. The number of carbonyl (C=O) groups is 1. The van der Waals surface area contributed by atoms with Gasteiger partial charge < -0.3 is 0 Å². The number of hydrazone groups is 1. The van der Waals surface area contributed by atoms with Crippen molar-refractivity contribution < 1.29 is 4.79 Å². The van der Waals surface area contributed by atoms with Gasteiger partial charge in [-0.2, -0.15) is 5.10 Å². The van der Waals surface area contributed by atoms with E-state index in [0.29, 0.717) is 10.6 Å². The van der Waals surface area contributed by atoms with Crippen molar-refractivity contribution in [3.63, 3.8) is 0 Å². The summed E-state index contributed by atoms with van der Waals surface area (Å²) in [4.78, 5) is 11.4. The van der Waals surface area contributed by atoms with E-state index in [-0.39, 0.29) is 5.91 Å². The standard InChI is InChI=1S/C10H11ClN2O/c1-2-6-12-13-10(14)8-4-3-5-9(11)7-8/h3-7H,2H2,1H3,(H,13,14)/b12-6+. The van der Waals surface area contributed by atoms with Crippen molar-refractivity contribution in [3.05, 3.63) is 34.9 Å². The number of rotatable bonds is 3. The van der Waals surface area contributed by atoms with Gasteiger partial charge in [0, 0.05) is 16.8 Å². The van der Waals surface area contributed by atoms with Crippen molar-refractivity contribution in [2.75, 3.05) is 0 Å². The van der Waals surface area contributed by atoms with Crippen LogP contribution in [0.5, 0.6) is 0 Å². The SMILES string of the molecule is CC/C=N/NC(=O)c1cccc(Cl)c1. The molecule has 1 rings (SSSR count). The lowest BCUT2D eigenvalue weighted by Gasteiger charge is -1.99. The third-order valence-corrected chi connectivity index (χ3v) is 1.76. The second-order valence-corrected chi connectivity index (χ2v) is 3.11. The van der Waals surface area contributed by atoms with E-state index in [9.17, 15) is 4.79 Å². The molecular formula is C10H11ClN2O. The van der Waals surface area contributed by atoms with E-state index in [1.807, 2.05) is 6.92 Å². The summed E-state index contributed by atoms with van der Waals surface area (Å²) in [6.45, 7) is 1.94. The lowest BCUT2D eigenvalue weighted by atomic mass is 10.2. The maximum atomic E-state index is 11.4. The first-order valence-corrected chi connectivity index (χ1v) is 4.69. The molecule has 0 aliphatic rings. The fourth-order valence-corrected chi connectivity index (χ4v) is 1.08. The highest BCUT2D eigenvalue weighted by Gasteiger charge is 2.03. The summed E-state index contributed by atoms with van der Waals surface area (Å²) in [5.41, 5.74) is 2.90. The molecule has 14 heavy (non-hydrogen) atoms. The van der Waals surface area contributed by atoms with Crippen LogP contribution in [0.15, 0.2) is 29.4 Å². The van der Waals surface area contributed by atoms with E-state index in [1.54, 1.807) is 30.5 Å². The van der Waals surface area contributed by atoms with Crippen molar-refractivity contribution in [2.24, 2.45) is 5.10 Å². The van der Waals surface area contributed by atoms with Crippen LogP contribution >= 0.6 is 11.6 Å². The van der Waals surface area contributed by atoms with Crippen LogP contribution in [0.25, 0.3) is 0 Å². The average Bonchev–Trinajstić information content (AvgIpc) is 2.18. The molecule has 0 heterocycles. The molecular weight excluding hydrogens is 200 g/mol. The minimum atomic E-state index is -0.253. The predicted molar refractivity (Wildman–Crippen MR) is 57.7 cm³/mol.